The summed E-state index contributed by atoms with van der Waals surface area (Å²) in [5.41, 5.74) is 3.39. The Bertz CT molecular complexity index is 1430. The Hall–Kier alpha value is -4.26. The highest BCUT2D eigenvalue weighted by molar-refractivity contribution is 6.28. The average molecular weight is 425 g/mol. The summed E-state index contributed by atoms with van der Waals surface area (Å²) in [6, 6.07) is 15.1. The summed E-state index contributed by atoms with van der Waals surface area (Å²) in [5, 5.41) is 2.85. The molecule has 2 aromatic heterocycles. The lowest BCUT2D eigenvalue weighted by molar-refractivity contribution is 0.0979. The van der Waals surface area contributed by atoms with Crippen LogP contribution in [-0.2, 0) is 6.42 Å². The molecule has 0 spiro atoms. The van der Waals surface area contributed by atoms with Gasteiger partial charge in [0.2, 0.25) is 0 Å². The van der Waals surface area contributed by atoms with Crippen LogP contribution >= 0.6 is 0 Å². The minimum atomic E-state index is -0.363. The van der Waals surface area contributed by atoms with Crippen LogP contribution in [0.1, 0.15) is 54.9 Å². The van der Waals surface area contributed by atoms with Crippen molar-refractivity contribution < 1.29 is 19.1 Å². The van der Waals surface area contributed by atoms with E-state index in [4.69, 9.17) is 4.74 Å². The van der Waals surface area contributed by atoms with Gasteiger partial charge < -0.3 is 10.1 Å². The fraction of sp³-hybridized carbons (Fsp3) is 0.120. The summed E-state index contributed by atoms with van der Waals surface area (Å²) in [6.07, 6.45) is 2.31. The molecule has 1 aliphatic rings. The predicted octanol–water partition coefficient (Wildman–Crippen LogP) is 3.93. The van der Waals surface area contributed by atoms with Crippen molar-refractivity contribution in [1.82, 2.24) is 9.38 Å². The number of aromatic nitrogens is 2. The summed E-state index contributed by atoms with van der Waals surface area (Å²) in [6.45, 7) is 1.92. The van der Waals surface area contributed by atoms with Crippen LogP contribution in [0.5, 0.6) is 5.75 Å². The van der Waals surface area contributed by atoms with E-state index in [1.165, 1.54) is 0 Å². The molecule has 5 rings (SSSR count). The SMILES string of the molecule is CCc1nc2c(OC)cccn2c1C(=O)Nc1ccc2c(c1)C(=O)c1ccccc1C2=O. The van der Waals surface area contributed by atoms with Crippen molar-refractivity contribution >= 4 is 28.8 Å². The molecular weight excluding hydrogens is 406 g/mol. The molecule has 2 heterocycles. The van der Waals surface area contributed by atoms with E-state index < -0.39 is 0 Å². The first-order chi connectivity index (χ1) is 15.5. The van der Waals surface area contributed by atoms with Gasteiger partial charge >= 0.3 is 0 Å². The molecule has 7 heteroatoms. The number of nitrogens with zero attached hydrogens (tertiary/aromatic N) is 2. The highest BCUT2D eigenvalue weighted by atomic mass is 16.5. The van der Waals surface area contributed by atoms with Crippen molar-refractivity contribution in [3.8, 4) is 5.75 Å². The van der Waals surface area contributed by atoms with E-state index in [1.807, 2.05) is 6.92 Å². The molecule has 32 heavy (non-hydrogen) atoms. The summed E-state index contributed by atoms with van der Waals surface area (Å²) < 4.78 is 7.06. The Balaban J connectivity index is 1.53. The first-order valence-electron chi connectivity index (χ1n) is 10.2. The Morgan fingerprint density at radius 1 is 0.969 bits per heavy atom. The van der Waals surface area contributed by atoms with Crippen molar-refractivity contribution in [2.45, 2.75) is 13.3 Å². The van der Waals surface area contributed by atoms with E-state index in [0.717, 1.165) is 0 Å². The number of carbonyl (C=O) groups is 3. The maximum Gasteiger partial charge on any atom is 0.274 e. The Morgan fingerprint density at radius 2 is 1.66 bits per heavy atom. The van der Waals surface area contributed by atoms with Crippen molar-refractivity contribution in [1.29, 1.82) is 0 Å². The third-order valence-corrected chi connectivity index (χ3v) is 5.64. The molecular formula is C25H19N3O4. The molecule has 7 nitrogen and oxygen atoms in total. The zero-order chi connectivity index (χ0) is 22.4. The van der Waals surface area contributed by atoms with Crippen LogP contribution in [0.2, 0.25) is 0 Å². The smallest absolute Gasteiger partial charge is 0.274 e. The molecule has 0 atom stereocenters. The Kier molecular flexibility index (Phi) is 4.59. The van der Waals surface area contributed by atoms with Crippen LogP contribution in [0.15, 0.2) is 60.8 Å². The number of carbonyl (C=O) groups excluding carboxylic acids is 3. The van der Waals surface area contributed by atoms with Crippen molar-refractivity contribution in [3.05, 3.63) is 94.4 Å². The molecule has 0 bridgehead atoms. The van der Waals surface area contributed by atoms with Crippen LogP contribution in [0, 0.1) is 0 Å². The van der Waals surface area contributed by atoms with Crippen LogP contribution < -0.4 is 10.1 Å². The quantitative estimate of drug-likeness (QED) is 0.471. The maximum absolute atomic E-state index is 13.2. The van der Waals surface area contributed by atoms with Crippen molar-refractivity contribution in [2.24, 2.45) is 0 Å². The first kappa shape index (κ1) is 19.7. The van der Waals surface area contributed by atoms with E-state index in [0.29, 0.717) is 51.6 Å². The topological polar surface area (TPSA) is 89.8 Å². The largest absolute Gasteiger partial charge is 0.493 e. The van der Waals surface area contributed by atoms with Crippen molar-refractivity contribution in [2.75, 3.05) is 12.4 Å². The highest BCUT2D eigenvalue weighted by Gasteiger charge is 2.30. The van der Waals surface area contributed by atoms with Gasteiger partial charge in [-0.05, 0) is 36.8 Å². The number of pyridine rings is 1. The number of nitrogens with one attached hydrogen (secondary N) is 1. The van der Waals surface area contributed by atoms with E-state index >= 15 is 0 Å². The molecule has 4 aromatic rings. The van der Waals surface area contributed by atoms with E-state index in [-0.39, 0.29) is 23.0 Å². The van der Waals surface area contributed by atoms with Gasteiger partial charge in [0, 0.05) is 34.1 Å². The normalized spacial score (nSPS) is 12.4. The van der Waals surface area contributed by atoms with Gasteiger partial charge in [0.25, 0.3) is 5.91 Å². The molecule has 0 aliphatic heterocycles. The van der Waals surface area contributed by atoms with E-state index in [1.54, 1.807) is 72.3 Å². The zero-order valence-electron chi connectivity index (χ0n) is 17.5. The van der Waals surface area contributed by atoms with Gasteiger partial charge in [-0.15, -0.1) is 0 Å². The molecule has 0 fully saturated rings. The Morgan fingerprint density at radius 3 is 2.34 bits per heavy atom. The summed E-state index contributed by atoms with van der Waals surface area (Å²) >= 11 is 0. The predicted molar refractivity (Wildman–Crippen MR) is 119 cm³/mol. The lowest BCUT2D eigenvalue weighted by Gasteiger charge is -2.18. The number of fused-ring (bicyclic) bond motifs is 3. The van der Waals surface area contributed by atoms with Crippen LogP contribution in [-0.4, -0.2) is 34.0 Å². The standard InChI is InChI=1S/C25H19N3O4/c1-3-19-21(28-12-6-9-20(32-2)24(28)27-19)25(31)26-14-10-11-17-18(13-14)23(30)16-8-5-4-7-15(16)22(17)29/h4-13H,3H2,1-2H3,(H,26,31). The Labute approximate surface area is 183 Å². The minimum absolute atomic E-state index is 0.199. The number of hydrogen-bond donors (Lipinski definition) is 1. The highest BCUT2D eigenvalue weighted by Crippen LogP contribution is 2.30. The van der Waals surface area contributed by atoms with Gasteiger partial charge in [0.05, 0.1) is 12.8 Å². The number of ketones is 2. The lowest BCUT2D eigenvalue weighted by atomic mass is 9.84. The monoisotopic (exact) mass is 425 g/mol. The van der Waals surface area contributed by atoms with Crippen molar-refractivity contribution in [3.63, 3.8) is 0 Å². The molecule has 2 aromatic carbocycles. The lowest BCUT2D eigenvalue weighted by Crippen LogP contribution is -2.22. The number of benzene rings is 2. The molecule has 158 valence electrons. The number of amides is 1. The molecule has 1 amide bonds. The average Bonchev–Trinajstić information content (AvgIpc) is 3.21. The third kappa shape index (κ3) is 2.90. The first-order valence-corrected chi connectivity index (χ1v) is 10.2. The van der Waals surface area contributed by atoms with Gasteiger partial charge in [0.15, 0.2) is 23.0 Å². The molecule has 1 aliphatic carbocycles. The number of imidazole rings is 1. The number of anilines is 1. The van der Waals surface area contributed by atoms with Crippen LogP contribution in [0.4, 0.5) is 5.69 Å². The summed E-state index contributed by atoms with van der Waals surface area (Å²) in [7, 11) is 1.55. The summed E-state index contributed by atoms with van der Waals surface area (Å²) in [4.78, 5) is 43.6. The van der Waals surface area contributed by atoms with Gasteiger partial charge in [-0.3, -0.25) is 18.8 Å². The zero-order valence-corrected chi connectivity index (χ0v) is 17.5. The van der Waals surface area contributed by atoms with E-state index in [2.05, 4.69) is 10.3 Å². The third-order valence-electron chi connectivity index (χ3n) is 5.64. The maximum atomic E-state index is 13.2. The number of rotatable bonds is 4. The number of ether oxygens (including phenoxy) is 1. The van der Waals surface area contributed by atoms with Gasteiger partial charge in [-0.2, -0.15) is 0 Å². The fourth-order valence-electron chi connectivity index (χ4n) is 4.10. The second-order valence-electron chi connectivity index (χ2n) is 7.45. The molecule has 0 saturated heterocycles. The van der Waals surface area contributed by atoms with E-state index in [9.17, 15) is 14.4 Å². The second kappa shape index (κ2) is 7.46. The number of methoxy groups -OCH3 is 1. The second-order valence-corrected chi connectivity index (χ2v) is 7.45. The van der Waals surface area contributed by atoms with Gasteiger partial charge in [-0.25, -0.2) is 4.98 Å². The van der Waals surface area contributed by atoms with Gasteiger partial charge in [-0.1, -0.05) is 31.2 Å². The molecule has 0 saturated carbocycles. The van der Waals surface area contributed by atoms with Crippen LogP contribution in [0.25, 0.3) is 5.65 Å². The molecule has 0 radical (unpaired) electrons. The van der Waals surface area contributed by atoms with Gasteiger partial charge in [0.1, 0.15) is 5.69 Å². The number of hydrogen-bond acceptors (Lipinski definition) is 5. The minimum Gasteiger partial charge on any atom is -0.493 e. The fourth-order valence-corrected chi connectivity index (χ4v) is 4.10. The molecule has 0 unspecified atom stereocenters. The van der Waals surface area contributed by atoms with Crippen LogP contribution in [0.3, 0.4) is 0 Å². The number of aryl methyl sites for hydroxylation is 1. The molecule has 1 N–H and O–H groups in total. The summed E-state index contributed by atoms with van der Waals surface area (Å²) in [5.74, 6) is -0.231.